The Kier molecular flexibility index (Phi) is 4.29. The average Bonchev–Trinajstić information content (AvgIpc) is 2.88. The lowest BCUT2D eigenvalue weighted by Crippen LogP contribution is -2.31. The van der Waals surface area contributed by atoms with Crippen molar-refractivity contribution < 1.29 is 9.52 Å². The van der Waals surface area contributed by atoms with E-state index >= 15 is 0 Å². The molecule has 0 atom stereocenters. The summed E-state index contributed by atoms with van der Waals surface area (Å²) in [5.74, 6) is 1.08. The molecule has 0 radical (unpaired) electrons. The number of benzene rings is 1. The van der Waals surface area contributed by atoms with E-state index in [2.05, 4.69) is 15.5 Å². The minimum Gasteiger partial charge on any atom is -0.419 e. The fraction of sp³-hybridized carbons (Fsp3) is 0.429. The Morgan fingerprint density at radius 3 is 2.63 bits per heavy atom. The molecule has 0 saturated heterocycles. The normalized spacial score (nSPS) is 11.7. The summed E-state index contributed by atoms with van der Waals surface area (Å²) in [4.78, 5) is 0. The van der Waals surface area contributed by atoms with Gasteiger partial charge in [0.1, 0.15) is 0 Å². The summed E-state index contributed by atoms with van der Waals surface area (Å²) in [7, 11) is 0. The van der Waals surface area contributed by atoms with Crippen LogP contribution >= 0.6 is 0 Å². The molecule has 5 heteroatoms. The second kappa shape index (κ2) is 5.95. The first-order chi connectivity index (χ1) is 9.11. The molecule has 0 amide bonds. The fourth-order valence-electron chi connectivity index (χ4n) is 1.59. The van der Waals surface area contributed by atoms with Gasteiger partial charge in [0.25, 0.3) is 0 Å². The summed E-state index contributed by atoms with van der Waals surface area (Å²) in [6, 6.07) is 9.67. The molecule has 1 aromatic carbocycles. The van der Waals surface area contributed by atoms with Gasteiger partial charge in [-0.1, -0.05) is 32.0 Å². The summed E-state index contributed by atoms with van der Waals surface area (Å²) in [5.41, 5.74) is 0.763. The topological polar surface area (TPSA) is 71.2 Å². The fourth-order valence-corrected chi connectivity index (χ4v) is 1.59. The maximum absolute atomic E-state index is 9.15. The molecule has 1 aromatic heterocycles. The number of aromatic nitrogens is 2. The average molecular weight is 261 g/mol. The van der Waals surface area contributed by atoms with Crippen LogP contribution in [0.15, 0.2) is 34.7 Å². The van der Waals surface area contributed by atoms with Crippen molar-refractivity contribution in [2.24, 2.45) is 5.41 Å². The smallest absolute Gasteiger partial charge is 0.247 e. The van der Waals surface area contributed by atoms with E-state index in [0.29, 0.717) is 24.9 Å². The van der Waals surface area contributed by atoms with Gasteiger partial charge < -0.3 is 14.8 Å². The zero-order valence-corrected chi connectivity index (χ0v) is 11.3. The number of aliphatic hydroxyl groups is 1. The number of hydrogen-bond donors (Lipinski definition) is 2. The van der Waals surface area contributed by atoms with Crippen LogP contribution in [0.4, 0.5) is 0 Å². The summed E-state index contributed by atoms with van der Waals surface area (Å²) in [6.45, 7) is 5.31. The number of aliphatic hydroxyl groups excluding tert-OH is 1. The standard InChI is InChI=1S/C14H19N3O2/c1-14(2,10-18)9-15-8-12-16-17-13(19-12)11-6-4-3-5-7-11/h3-7,15,18H,8-10H2,1-2H3. The minimum atomic E-state index is -0.151. The van der Waals surface area contributed by atoms with Crippen LogP contribution in [0.2, 0.25) is 0 Å². The Balaban J connectivity index is 1.92. The van der Waals surface area contributed by atoms with Crippen molar-refractivity contribution >= 4 is 0 Å². The van der Waals surface area contributed by atoms with Crippen LogP contribution in [-0.4, -0.2) is 28.5 Å². The molecule has 102 valence electrons. The molecule has 2 N–H and O–H groups in total. The van der Waals surface area contributed by atoms with E-state index in [1.807, 2.05) is 44.2 Å². The van der Waals surface area contributed by atoms with Crippen LogP contribution < -0.4 is 5.32 Å². The number of nitrogens with one attached hydrogen (secondary N) is 1. The third-order valence-electron chi connectivity index (χ3n) is 2.80. The van der Waals surface area contributed by atoms with Gasteiger partial charge in [0.15, 0.2) is 0 Å². The molecular weight excluding hydrogens is 242 g/mol. The van der Waals surface area contributed by atoms with Crippen molar-refractivity contribution in [2.75, 3.05) is 13.2 Å². The van der Waals surface area contributed by atoms with E-state index in [4.69, 9.17) is 9.52 Å². The van der Waals surface area contributed by atoms with Gasteiger partial charge in [-0.05, 0) is 12.1 Å². The maximum atomic E-state index is 9.15. The van der Waals surface area contributed by atoms with Crippen LogP contribution in [0.3, 0.4) is 0 Å². The highest BCUT2D eigenvalue weighted by molar-refractivity contribution is 5.51. The minimum absolute atomic E-state index is 0.138. The molecular formula is C14H19N3O2. The Hall–Kier alpha value is -1.72. The highest BCUT2D eigenvalue weighted by Gasteiger charge is 2.16. The lowest BCUT2D eigenvalue weighted by Gasteiger charge is -2.21. The first-order valence-corrected chi connectivity index (χ1v) is 6.30. The maximum Gasteiger partial charge on any atom is 0.247 e. The summed E-state index contributed by atoms with van der Waals surface area (Å²) in [6.07, 6.45) is 0. The van der Waals surface area contributed by atoms with Crippen LogP contribution in [0.1, 0.15) is 19.7 Å². The highest BCUT2D eigenvalue weighted by atomic mass is 16.4. The van der Waals surface area contributed by atoms with Gasteiger partial charge in [0.2, 0.25) is 11.8 Å². The Labute approximate surface area is 112 Å². The molecule has 19 heavy (non-hydrogen) atoms. The number of rotatable bonds is 6. The first kappa shape index (κ1) is 13.7. The molecule has 0 spiro atoms. The molecule has 0 aliphatic rings. The van der Waals surface area contributed by atoms with Crippen molar-refractivity contribution in [2.45, 2.75) is 20.4 Å². The third kappa shape index (κ3) is 3.87. The Morgan fingerprint density at radius 2 is 1.95 bits per heavy atom. The zero-order chi connectivity index (χ0) is 13.7. The lowest BCUT2D eigenvalue weighted by atomic mass is 9.95. The number of nitrogens with zero attached hydrogens (tertiary/aromatic N) is 2. The summed E-state index contributed by atoms with van der Waals surface area (Å²) in [5, 5.41) is 20.4. The summed E-state index contributed by atoms with van der Waals surface area (Å²) >= 11 is 0. The predicted octanol–water partition coefficient (Wildman–Crippen LogP) is 1.84. The van der Waals surface area contributed by atoms with E-state index in [1.54, 1.807) is 0 Å². The van der Waals surface area contributed by atoms with E-state index in [9.17, 15) is 0 Å². The molecule has 2 aromatic rings. The van der Waals surface area contributed by atoms with Crippen LogP contribution in [0, 0.1) is 5.41 Å². The monoisotopic (exact) mass is 261 g/mol. The molecule has 0 aliphatic carbocycles. The van der Waals surface area contributed by atoms with E-state index < -0.39 is 0 Å². The lowest BCUT2D eigenvalue weighted by molar-refractivity contribution is 0.156. The largest absolute Gasteiger partial charge is 0.419 e. The molecule has 0 unspecified atom stereocenters. The summed E-state index contributed by atoms with van der Waals surface area (Å²) < 4.78 is 5.57. The van der Waals surface area contributed by atoms with Crippen molar-refractivity contribution in [3.05, 3.63) is 36.2 Å². The van der Waals surface area contributed by atoms with Gasteiger partial charge in [-0.2, -0.15) is 0 Å². The SMILES string of the molecule is CC(C)(CO)CNCc1nnc(-c2ccccc2)o1. The van der Waals surface area contributed by atoms with Gasteiger partial charge in [-0.15, -0.1) is 10.2 Å². The molecule has 0 saturated carbocycles. The van der Waals surface area contributed by atoms with Crippen LogP contribution in [0.5, 0.6) is 0 Å². The first-order valence-electron chi connectivity index (χ1n) is 6.30. The van der Waals surface area contributed by atoms with E-state index in [-0.39, 0.29) is 12.0 Å². The molecule has 5 nitrogen and oxygen atoms in total. The van der Waals surface area contributed by atoms with Crippen molar-refractivity contribution in [3.8, 4) is 11.5 Å². The van der Waals surface area contributed by atoms with Gasteiger partial charge in [-0.25, -0.2) is 0 Å². The van der Waals surface area contributed by atoms with Crippen molar-refractivity contribution in [1.29, 1.82) is 0 Å². The van der Waals surface area contributed by atoms with E-state index in [0.717, 1.165) is 5.56 Å². The van der Waals surface area contributed by atoms with Gasteiger partial charge in [0, 0.05) is 24.1 Å². The predicted molar refractivity (Wildman–Crippen MR) is 72.3 cm³/mol. The second-order valence-corrected chi connectivity index (χ2v) is 5.29. The molecule has 0 aliphatic heterocycles. The zero-order valence-electron chi connectivity index (χ0n) is 11.3. The number of hydrogen-bond acceptors (Lipinski definition) is 5. The van der Waals surface area contributed by atoms with Crippen molar-refractivity contribution in [1.82, 2.24) is 15.5 Å². The second-order valence-electron chi connectivity index (χ2n) is 5.29. The van der Waals surface area contributed by atoms with Crippen LogP contribution in [-0.2, 0) is 6.54 Å². The molecule has 2 rings (SSSR count). The quantitative estimate of drug-likeness (QED) is 0.830. The van der Waals surface area contributed by atoms with E-state index in [1.165, 1.54) is 0 Å². The Bertz CT molecular complexity index is 508. The van der Waals surface area contributed by atoms with Crippen LogP contribution in [0.25, 0.3) is 11.5 Å². The molecule has 0 bridgehead atoms. The van der Waals surface area contributed by atoms with Crippen molar-refractivity contribution in [3.63, 3.8) is 0 Å². The van der Waals surface area contributed by atoms with Gasteiger partial charge in [-0.3, -0.25) is 0 Å². The molecule has 1 heterocycles. The molecule has 0 fully saturated rings. The highest BCUT2D eigenvalue weighted by Crippen LogP contribution is 2.17. The van der Waals surface area contributed by atoms with Gasteiger partial charge in [0.05, 0.1) is 6.54 Å². The Morgan fingerprint density at radius 1 is 1.21 bits per heavy atom. The third-order valence-corrected chi connectivity index (χ3v) is 2.80. The van der Waals surface area contributed by atoms with Gasteiger partial charge >= 0.3 is 0 Å².